The molecule has 1 aromatic heterocycles. The molecule has 0 saturated heterocycles. The fourth-order valence-electron chi connectivity index (χ4n) is 0.506. The number of hydrogen-bond acceptors (Lipinski definition) is 3. The van der Waals surface area contributed by atoms with Crippen LogP contribution in [0.5, 0.6) is 0 Å². The van der Waals surface area contributed by atoms with Crippen LogP contribution in [0.3, 0.4) is 0 Å². The molecule has 0 N–H and O–H groups in total. The lowest BCUT2D eigenvalue weighted by atomic mass is 10.5. The first-order valence-electron chi connectivity index (χ1n) is 2.49. The summed E-state index contributed by atoms with van der Waals surface area (Å²) >= 11 is 10.9. The third kappa shape index (κ3) is 1.53. The average molecular weight is 174 g/mol. The third-order valence-corrected chi connectivity index (χ3v) is 3.08. The molecule has 1 rings (SSSR count). The van der Waals surface area contributed by atoms with Crippen molar-refractivity contribution >= 4 is 36.2 Å². The van der Waals surface area contributed by atoms with Gasteiger partial charge in [-0.2, -0.15) is 0 Å². The topological polar surface area (TPSA) is 0 Å². The molecule has 0 aliphatic rings. The summed E-state index contributed by atoms with van der Waals surface area (Å²) in [6.07, 6.45) is 0. The highest BCUT2D eigenvalue weighted by Crippen LogP contribution is 2.17. The van der Waals surface area contributed by atoms with Gasteiger partial charge in [0, 0.05) is 9.77 Å². The Labute approximate surface area is 69.0 Å². The normalized spacial score (nSPS) is 9.56. The predicted molar refractivity (Wildman–Crippen MR) is 47.1 cm³/mol. The molecular formula is C6H6S3. The van der Waals surface area contributed by atoms with Gasteiger partial charge in [0.05, 0.1) is 4.51 Å². The van der Waals surface area contributed by atoms with Gasteiger partial charge in [-0.15, -0.1) is 24.0 Å². The van der Waals surface area contributed by atoms with Crippen LogP contribution in [0.25, 0.3) is 0 Å². The first kappa shape index (κ1) is 7.25. The van der Waals surface area contributed by atoms with Gasteiger partial charge in [-0.05, 0) is 18.4 Å². The minimum Gasteiger partial charge on any atom is -0.148 e. The maximum atomic E-state index is 4.97. The van der Waals surface area contributed by atoms with E-state index in [2.05, 4.69) is 12.6 Å². The fourth-order valence-corrected chi connectivity index (χ4v) is 1.74. The van der Waals surface area contributed by atoms with Gasteiger partial charge in [-0.1, -0.05) is 12.2 Å². The van der Waals surface area contributed by atoms with Crippen LogP contribution in [0.1, 0.15) is 4.88 Å². The summed E-state index contributed by atoms with van der Waals surface area (Å²) in [5.41, 5.74) is 0. The van der Waals surface area contributed by atoms with Gasteiger partial charge in [-0.3, -0.25) is 0 Å². The Bertz CT molecular complexity index is 261. The van der Waals surface area contributed by atoms with Crippen molar-refractivity contribution in [3.8, 4) is 0 Å². The molecule has 1 heterocycles. The van der Waals surface area contributed by atoms with Crippen LogP contribution in [-0.2, 0) is 0 Å². The third-order valence-electron chi connectivity index (χ3n) is 1.03. The first-order valence-corrected chi connectivity index (χ1v) is 4.22. The molecule has 48 valence electrons. The standard InChI is InChI=1S/C6H6S3/c1-4-6(8)5(7)2-3-9-4/h2-3,8H,1H3. The van der Waals surface area contributed by atoms with Gasteiger partial charge in [0.25, 0.3) is 0 Å². The molecule has 0 spiro atoms. The molecule has 0 bridgehead atoms. The molecule has 0 fully saturated rings. The van der Waals surface area contributed by atoms with Crippen LogP contribution < -0.4 is 0 Å². The molecule has 0 aromatic carbocycles. The van der Waals surface area contributed by atoms with Crippen molar-refractivity contribution in [1.29, 1.82) is 0 Å². The summed E-state index contributed by atoms with van der Waals surface area (Å²) in [6, 6.07) is 1.90. The highest BCUT2D eigenvalue weighted by molar-refractivity contribution is 7.81. The van der Waals surface area contributed by atoms with Crippen LogP contribution in [0.2, 0.25) is 0 Å². The van der Waals surface area contributed by atoms with E-state index in [9.17, 15) is 0 Å². The van der Waals surface area contributed by atoms with Crippen molar-refractivity contribution in [1.82, 2.24) is 0 Å². The van der Waals surface area contributed by atoms with Gasteiger partial charge in [0.1, 0.15) is 0 Å². The number of thiol groups is 1. The van der Waals surface area contributed by atoms with Crippen LogP contribution in [0, 0.1) is 11.4 Å². The maximum absolute atomic E-state index is 4.97. The monoisotopic (exact) mass is 174 g/mol. The zero-order valence-corrected chi connectivity index (χ0v) is 7.45. The van der Waals surface area contributed by atoms with Crippen molar-refractivity contribution in [2.45, 2.75) is 11.8 Å². The Morgan fingerprint density at radius 1 is 1.67 bits per heavy atom. The van der Waals surface area contributed by atoms with Crippen molar-refractivity contribution in [3.63, 3.8) is 0 Å². The molecule has 0 aliphatic carbocycles. The van der Waals surface area contributed by atoms with Gasteiger partial charge < -0.3 is 0 Å². The Morgan fingerprint density at radius 3 is 2.78 bits per heavy atom. The van der Waals surface area contributed by atoms with Crippen molar-refractivity contribution in [2.24, 2.45) is 0 Å². The Balaban J connectivity index is 3.43. The van der Waals surface area contributed by atoms with Crippen LogP contribution in [0.15, 0.2) is 16.3 Å². The van der Waals surface area contributed by atoms with E-state index in [0.29, 0.717) is 0 Å². The molecule has 0 atom stereocenters. The minimum atomic E-state index is 0.842. The molecule has 0 aliphatic heterocycles. The van der Waals surface area contributed by atoms with E-state index in [1.54, 1.807) is 11.3 Å². The van der Waals surface area contributed by atoms with Gasteiger partial charge in [0.15, 0.2) is 0 Å². The lowest BCUT2D eigenvalue weighted by Gasteiger charge is -1.92. The van der Waals surface area contributed by atoms with E-state index >= 15 is 0 Å². The second kappa shape index (κ2) is 2.82. The second-order valence-corrected chi connectivity index (χ2v) is 3.70. The quantitative estimate of drug-likeness (QED) is 0.466. The van der Waals surface area contributed by atoms with E-state index in [1.807, 2.05) is 18.4 Å². The molecule has 0 radical (unpaired) electrons. The van der Waals surface area contributed by atoms with Crippen molar-refractivity contribution in [3.05, 3.63) is 20.8 Å². The molecule has 0 nitrogen and oxygen atoms in total. The zero-order valence-electron chi connectivity index (χ0n) is 4.92. The minimum absolute atomic E-state index is 0.842. The second-order valence-electron chi connectivity index (χ2n) is 1.69. The molecule has 3 heteroatoms. The fraction of sp³-hybridized carbons (Fsp3) is 0.167. The average Bonchev–Trinajstić information content (AvgIpc) is 1.83. The van der Waals surface area contributed by atoms with E-state index in [1.165, 1.54) is 4.88 Å². The summed E-state index contributed by atoms with van der Waals surface area (Å²) in [5.74, 6) is 0. The highest BCUT2D eigenvalue weighted by atomic mass is 32.1. The predicted octanol–water partition coefficient (Wildman–Crippen LogP) is 3.07. The van der Waals surface area contributed by atoms with Gasteiger partial charge >= 0.3 is 0 Å². The van der Waals surface area contributed by atoms with Gasteiger partial charge in [-0.25, -0.2) is 0 Å². The maximum Gasteiger partial charge on any atom is 0.0529 e. The van der Waals surface area contributed by atoms with E-state index in [-0.39, 0.29) is 0 Å². The largest absolute Gasteiger partial charge is 0.148 e. The van der Waals surface area contributed by atoms with Crippen LogP contribution in [0.4, 0.5) is 0 Å². The Kier molecular flexibility index (Phi) is 2.27. The molecule has 0 saturated carbocycles. The van der Waals surface area contributed by atoms with Crippen molar-refractivity contribution in [2.75, 3.05) is 0 Å². The molecule has 0 amide bonds. The summed E-state index contributed by atoms with van der Waals surface area (Å²) in [5, 5.41) is 1.98. The number of hydrogen-bond donors (Lipinski definition) is 1. The summed E-state index contributed by atoms with van der Waals surface area (Å²) in [7, 11) is 0. The van der Waals surface area contributed by atoms with Gasteiger partial charge in [0.2, 0.25) is 0 Å². The van der Waals surface area contributed by atoms with Crippen LogP contribution in [-0.4, -0.2) is 0 Å². The number of aryl methyl sites for hydroxylation is 1. The molecule has 0 unspecified atom stereocenters. The molecule has 1 aromatic rings. The molecular weight excluding hydrogens is 168 g/mol. The highest BCUT2D eigenvalue weighted by Gasteiger charge is 1.91. The smallest absolute Gasteiger partial charge is 0.0529 e. The first-order chi connectivity index (χ1) is 4.22. The summed E-state index contributed by atoms with van der Waals surface area (Å²) in [4.78, 5) is 2.13. The van der Waals surface area contributed by atoms with E-state index in [0.717, 1.165) is 9.41 Å². The van der Waals surface area contributed by atoms with E-state index < -0.39 is 0 Å². The van der Waals surface area contributed by atoms with E-state index in [4.69, 9.17) is 12.2 Å². The van der Waals surface area contributed by atoms with Crippen molar-refractivity contribution < 1.29 is 0 Å². The Hall–Kier alpha value is 0.140. The summed E-state index contributed by atoms with van der Waals surface area (Å²) < 4.78 is 0.842. The lowest BCUT2D eigenvalue weighted by Crippen LogP contribution is -1.70. The molecule has 9 heavy (non-hydrogen) atoms. The van der Waals surface area contributed by atoms with Crippen LogP contribution >= 0.6 is 36.2 Å². The zero-order chi connectivity index (χ0) is 6.85. The lowest BCUT2D eigenvalue weighted by molar-refractivity contribution is 1.38. The summed E-state index contributed by atoms with van der Waals surface area (Å²) in [6.45, 7) is 2.02. The SMILES string of the molecule is Cc1sccc(=S)c1S. The number of rotatable bonds is 0. The Morgan fingerprint density at radius 2 is 2.33 bits per heavy atom.